The molecule has 1 aromatic rings. The summed E-state index contributed by atoms with van der Waals surface area (Å²) in [5.74, 6) is -3.09. The van der Waals surface area contributed by atoms with Crippen LogP contribution < -0.4 is 10.5 Å². The van der Waals surface area contributed by atoms with E-state index < -0.39 is 33.8 Å². The van der Waals surface area contributed by atoms with Crippen molar-refractivity contribution in [2.24, 2.45) is 5.73 Å². The number of nitrogens with one attached hydrogen (secondary N) is 1. The zero-order chi connectivity index (χ0) is 15.6. The molecule has 9 heteroatoms. The third kappa shape index (κ3) is 5.08. The third-order valence-electron chi connectivity index (χ3n) is 2.46. The van der Waals surface area contributed by atoms with Gasteiger partial charge in [-0.15, -0.1) is 0 Å². The van der Waals surface area contributed by atoms with Gasteiger partial charge in [0.25, 0.3) is 0 Å². The fourth-order valence-electron chi connectivity index (χ4n) is 1.44. The normalized spacial score (nSPS) is 13.8. The van der Waals surface area contributed by atoms with Gasteiger partial charge in [0, 0.05) is 5.69 Å². The zero-order valence-electron chi connectivity index (χ0n) is 10.4. The summed E-state index contributed by atoms with van der Waals surface area (Å²) >= 11 is 0. The van der Waals surface area contributed by atoms with Crippen molar-refractivity contribution < 1.29 is 26.4 Å². The van der Waals surface area contributed by atoms with Crippen LogP contribution >= 0.6 is 0 Å². The monoisotopic (exact) mass is 310 g/mol. The first-order valence-electron chi connectivity index (χ1n) is 5.47. The molecule has 0 bridgehead atoms. The summed E-state index contributed by atoms with van der Waals surface area (Å²) < 4.78 is 60.4. The highest BCUT2D eigenvalue weighted by Gasteiger charge is 2.35. The first kappa shape index (κ1) is 16.3. The number of sulfonamides is 1. The molecule has 0 heterocycles. The molecular weight excluding hydrogens is 297 g/mol. The predicted molar refractivity (Wildman–Crippen MR) is 67.5 cm³/mol. The van der Waals surface area contributed by atoms with Crippen LogP contribution in [-0.2, 0) is 14.8 Å². The molecule has 0 saturated carbocycles. The van der Waals surface area contributed by atoms with Crippen molar-refractivity contribution in [2.45, 2.75) is 19.0 Å². The van der Waals surface area contributed by atoms with E-state index in [1.54, 1.807) is 11.6 Å². The molecule has 3 N–H and O–H groups in total. The van der Waals surface area contributed by atoms with Crippen molar-refractivity contribution in [3.05, 3.63) is 29.8 Å². The summed E-state index contributed by atoms with van der Waals surface area (Å²) in [6.07, 6.45) is -4.81. The van der Waals surface area contributed by atoms with Crippen molar-refractivity contribution in [1.29, 1.82) is 0 Å². The Labute approximate surface area is 114 Å². The highest BCUT2D eigenvalue weighted by atomic mass is 32.2. The van der Waals surface area contributed by atoms with Gasteiger partial charge in [0.15, 0.2) is 5.75 Å². The van der Waals surface area contributed by atoms with Crippen LogP contribution in [0.1, 0.15) is 18.4 Å². The first-order chi connectivity index (χ1) is 9.00. The van der Waals surface area contributed by atoms with Gasteiger partial charge in [0.1, 0.15) is 0 Å². The summed E-state index contributed by atoms with van der Waals surface area (Å²) in [4.78, 5) is 11.0. The highest BCUT2D eigenvalue weighted by molar-refractivity contribution is 7.92. The van der Waals surface area contributed by atoms with E-state index in [9.17, 15) is 26.4 Å². The van der Waals surface area contributed by atoms with Gasteiger partial charge < -0.3 is 5.73 Å². The third-order valence-corrected chi connectivity index (χ3v) is 3.72. The molecule has 0 fully saturated rings. The lowest BCUT2D eigenvalue weighted by molar-refractivity contribution is -0.119. The van der Waals surface area contributed by atoms with Crippen LogP contribution in [0.25, 0.3) is 0 Å². The molecule has 0 saturated heterocycles. The number of hydrogen-bond donors (Lipinski definition) is 2. The summed E-state index contributed by atoms with van der Waals surface area (Å²) in [6, 6.07) is 5.37. The van der Waals surface area contributed by atoms with E-state index >= 15 is 0 Å². The van der Waals surface area contributed by atoms with Crippen molar-refractivity contribution in [3.8, 4) is 0 Å². The second-order valence-corrected chi connectivity index (χ2v) is 5.94. The van der Waals surface area contributed by atoms with Gasteiger partial charge in [-0.2, -0.15) is 13.2 Å². The minimum atomic E-state index is -4.81. The van der Waals surface area contributed by atoms with Crippen molar-refractivity contribution in [2.75, 3.05) is 10.5 Å². The van der Waals surface area contributed by atoms with E-state index in [4.69, 9.17) is 5.73 Å². The fourth-order valence-corrected chi connectivity index (χ4v) is 2.43. The lowest BCUT2D eigenvalue weighted by Gasteiger charge is -2.12. The molecule has 1 rings (SSSR count). The van der Waals surface area contributed by atoms with Crippen LogP contribution in [0.4, 0.5) is 18.9 Å². The highest BCUT2D eigenvalue weighted by Crippen LogP contribution is 2.21. The zero-order valence-corrected chi connectivity index (χ0v) is 11.3. The average Bonchev–Trinajstić information content (AvgIpc) is 2.24. The maximum absolute atomic E-state index is 12.0. The smallest absolute Gasteiger partial charge is 0.369 e. The maximum atomic E-state index is 12.0. The number of carbonyl (C=O) groups excluding carboxylic acids is 1. The molecule has 0 radical (unpaired) electrons. The van der Waals surface area contributed by atoms with Crippen LogP contribution in [0.15, 0.2) is 24.3 Å². The molecule has 0 aliphatic heterocycles. The van der Waals surface area contributed by atoms with Gasteiger partial charge in [-0.3, -0.25) is 9.52 Å². The largest absolute Gasteiger partial charge is 0.404 e. The molecule has 1 aromatic carbocycles. The van der Waals surface area contributed by atoms with Gasteiger partial charge in [-0.1, -0.05) is 12.1 Å². The molecule has 0 spiro atoms. The quantitative estimate of drug-likeness (QED) is 0.865. The van der Waals surface area contributed by atoms with Gasteiger partial charge in [-0.25, -0.2) is 8.42 Å². The van der Waals surface area contributed by atoms with Crippen molar-refractivity contribution >= 4 is 21.6 Å². The molecule has 1 atom stereocenters. The van der Waals surface area contributed by atoms with Crippen molar-refractivity contribution in [1.82, 2.24) is 0 Å². The summed E-state index contributed by atoms with van der Waals surface area (Å²) in [7, 11) is -4.51. The summed E-state index contributed by atoms with van der Waals surface area (Å²) in [6.45, 7) is 1.56. The Bertz CT molecular complexity index is 582. The topological polar surface area (TPSA) is 89.3 Å². The van der Waals surface area contributed by atoms with Gasteiger partial charge >= 0.3 is 6.18 Å². The second kappa shape index (κ2) is 5.70. The lowest BCUT2D eigenvalue weighted by atomic mass is 10.0. The molecule has 20 heavy (non-hydrogen) atoms. The number of halogens is 3. The Kier molecular flexibility index (Phi) is 4.64. The van der Waals surface area contributed by atoms with Crippen LogP contribution in [0.5, 0.6) is 0 Å². The Morgan fingerprint density at radius 2 is 1.80 bits per heavy atom. The van der Waals surface area contributed by atoms with Crippen molar-refractivity contribution in [3.63, 3.8) is 0 Å². The number of alkyl halides is 3. The average molecular weight is 310 g/mol. The number of amides is 1. The Morgan fingerprint density at radius 3 is 2.20 bits per heavy atom. The fraction of sp³-hybridized carbons (Fsp3) is 0.364. The number of nitrogens with two attached hydrogens (primary N) is 1. The molecule has 1 amide bonds. The molecule has 112 valence electrons. The number of carbonyl (C=O) groups is 1. The lowest BCUT2D eigenvalue weighted by Crippen LogP contribution is -2.27. The maximum Gasteiger partial charge on any atom is 0.404 e. The minimum Gasteiger partial charge on any atom is -0.369 e. The SMILES string of the molecule is CC(C(N)=O)c1ccc(NS(=O)(=O)CC(F)(F)F)cc1. The number of benzene rings is 1. The molecule has 0 aliphatic rings. The Balaban J connectivity index is 2.83. The van der Waals surface area contributed by atoms with Crippen LogP contribution in [0.3, 0.4) is 0 Å². The number of anilines is 1. The van der Waals surface area contributed by atoms with E-state index in [1.165, 1.54) is 24.3 Å². The van der Waals surface area contributed by atoms with E-state index in [2.05, 4.69) is 0 Å². The predicted octanol–water partition coefficient (Wildman–Crippen LogP) is 1.58. The summed E-state index contributed by atoms with van der Waals surface area (Å²) in [5.41, 5.74) is 5.62. The summed E-state index contributed by atoms with van der Waals surface area (Å²) in [5, 5.41) is 0. The molecule has 0 aliphatic carbocycles. The minimum absolute atomic E-state index is 0.0188. The number of primary amides is 1. The van der Waals surface area contributed by atoms with E-state index in [0.29, 0.717) is 5.56 Å². The van der Waals surface area contributed by atoms with Crippen LogP contribution in [-0.4, -0.2) is 26.3 Å². The van der Waals surface area contributed by atoms with Gasteiger partial charge in [0.05, 0.1) is 5.92 Å². The molecular formula is C11H13F3N2O3S. The molecule has 0 aromatic heterocycles. The number of hydrogen-bond acceptors (Lipinski definition) is 3. The molecule has 5 nitrogen and oxygen atoms in total. The van der Waals surface area contributed by atoms with E-state index in [0.717, 1.165) is 0 Å². The second-order valence-electron chi connectivity index (χ2n) is 4.22. The van der Waals surface area contributed by atoms with Gasteiger partial charge in [-0.05, 0) is 24.6 Å². The number of rotatable bonds is 5. The van der Waals surface area contributed by atoms with E-state index in [-0.39, 0.29) is 5.69 Å². The first-order valence-corrected chi connectivity index (χ1v) is 7.12. The van der Waals surface area contributed by atoms with E-state index in [1.807, 2.05) is 0 Å². The van der Waals surface area contributed by atoms with Crippen LogP contribution in [0.2, 0.25) is 0 Å². The Hall–Kier alpha value is -1.77. The van der Waals surface area contributed by atoms with Gasteiger partial charge in [0.2, 0.25) is 15.9 Å². The molecule has 1 unspecified atom stereocenters. The van der Waals surface area contributed by atoms with Crippen LogP contribution in [0, 0.1) is 0 Å². The standard InChI is InChI=1S/C11H13F3N2O3S/c1-7(10(15)17)8-2-4-9(5-3-8)16-20(18,19)6-11(12,13)14/h2-5,7,16H,6H2,1H3,(H2,15,17). The Morgan fingerprint density at radius 1 is 1.30 bits per heavy atom.